The molecule has 3 rings (SSSR count). The Morgan fingerprint density at radius 2 is 2.12 bits per heavy atom. The van der Waals surface area contributed by atoms with Crippen molar-refractivity contribution in [1.82, 2.24) is 19.5 Å². The van der Waals surface area contributed by atoms with Crippen LogP contribution in [0, 0.1) is 6.92 Å². The zero-order chi connectivity index (χ0) is 18.7. The van der Waals surface area contributed by atoms with Crippen molar-refractivity contribution >= 4 is 22.5 Å². The fourth-order valence-electron chi connectivity index (χ4n) is 3.33. The third kappa shape index (κ3) is 3.22. The van der Waals surface area contributed by atoms with Gasteiger partial charge in [0.25, 0.3) is 5.56 Å². The van der Waals surface area contributed by atoms with Gasteiger partial charge in [0.15, 0.2) is 5.65 Å². The Labute approximate surface area is 151 Å². The number of aryl methyl sites for hydroxylation is 1. The molecule has 0 unspecified atom stereocenters. The third-order valence-electron chi connectivity index (χ3n) is 4.50. The predicted octanol–water partition coefficient (Wildman–Crippen LogP) is 2.06. The van der Waals surface area contributed by atoms with Gasteiger partial charge in [0.1, 0.15) is 6.04 Å². The van der Waals surface area contributed by atoms with Gasteiger partial charge in [0.05, 0.1) is 5.52 Å². The molecule has 0 saturated carbocycles. The summed E-state index contributed by atoms with van der Waals surface area (Å²) < 4.78 is 8.84. The van der Waals surface area contributed by atoms with Gasteiger partial charge < -0.3 is 10.1 Å². The SMILES string of the molecule is CC[C@H](C(=O)NCCCOC)n1c2ccccc2c2nc(=O)cc(C)n21. The zero-order valence-electron chi connectivity index (χ0n) is 15.4. The summed E-state index contributed by atoms with van der Waals surface area (Å²) in [6, 6.07) is 8.81. The fraction of sp³-hybridized carbons (Fsp3) is 0.421. The molecule has 0 aliphatic rings. The van der Waals surface area contributed by atoms with Crippen LogP contribution in [-0.4, -0.2) is 40.3 Å². The molecule has 0 radical (unpaired) electrons. The number of carbonyl (C=O) groups is 1. The molecular formula is C19H24N4O3. The van der Waals surface area contributed by atoms with Crippen molar-refractivity contribution in [3.63, 3.8) is 0 Å². The van der Waals surface area contributed by atoms with Gasteiger partial charge in [-0.15, -0.1) is 0 Å². The van der Waals surface area contributed by atoms with Crippen LogP contribution in [-0.2, 0) is 9.53 Å². The fourth-order valence-corrected chi connectivity index (χ4v) is 3.33. The summed E-state index contributed by atoms with van der Waals surface area (Å²) in [4.78, 5) is 28.9. The number of nitrogens with zero attached hydrogens (tertiary/aromatic N) is 3. The molecule has 0 fully saturated rings. The number of amides is 1. The van der Waals surface area contributed by atoms with Gasteiger partial charge in [-0.1, -0.05) is 19.1 Å². The number of nitrogens with one attached hydrogen (secondary N) is 1. The molecule has 1 atom stereocenters. The second-order valence-corrected chi connectivity index (χ2v) is 6.29. The Morgan fingerprint density at radius 1 is 1.35 bits per heavy atom. The number of hydrogen-bond acceptors (Lipinski definition) is 4. The molecule has 2 heterocycles. The molecule has 0 aliphatic carbocycles. The van der Waals surface area contributed by atoms with Gasteiger partial charge in [0, 0.05) is 37.4 Å². The van der Waals surface area contributed by atoms with Crippen LogP contribution in [0.25, 0.3) is 16.6 Å². The number of aromatic nitrogens is 3. The Morgan fingerprint density at radius 3 is 2.85 bits per heavy atom. The molecule has 0 bridgehead atoms. The van der Waals surface area contributed by atoms with Gasteiger partial charge in [-0.3, -0.25) is 14.3 Å². The Kier molecular flexibility index (Phi) is 5.37. The predicted molar refractivity (Wildman–Crippen MR) is 101 cm³/mol. The van der Waals surface area contributed by atoms with Crippen molar-refractivity contribution in [2.75, 3.05) is 20.3 Å². The van der Waals surface area contributed by atoms with E-state index in [1.165, 1.54) is 6.07 Å². The van der Waals surface area contributed by atoms with E-state index >= 15 is 0 Å². The minimum atomic E-state index is -0.400. The van der Waals surface area contributed by atoms with E-state index in [1.807, 2.05) is 47.3 Å². The van der Waals surface area contributed by atoms with Gasteiger partial charge in [-0.05, 0) is 31.9 Å². The number of ether oxygens (including phenoxy) is 1. The normalized spacial score (nSPS) is 12.6. The maximum atomic E-state index is 12.8. The van der Waals surface area contributed by atoms with E-state index in [0.29, 0.717) is 25.2 Å². The van der Waals surface area contributed by atoms with Crippen molar-refractivity contribution in [2.45, 2.75) is 32.7 Å². The number of methoxy groups -OCH3 is 1. The van der Waals surface area contributed by atoms with E-state index in [2.05, 4.69) is 10.3 Å². The second kappa shape index (κ2) is 7.70. The van der Waals surface area contributed by atoms with E-state index < -0.39 is 6.04 Å². The number of hydrogen-bond donors (Lipinski definition) is 1. The van der Waals surface area contributed by atoms with E-state index in [4.69, 9.17) is 4.74 Å². The minimum Gasteiger partial charge on any atom is -0.385 e. The van der Waals surface area contributed by atoms with Gasteiger partial charge >= 0.3 is 0 Å². The Balaban J connectivity index is 2.12. The average Bonchev–Trinajstić information content (AvgIpc) is 2.94. The molecule has 138 valence electrons. The molecule has 1 amide bonds. The molecular weight excluding hydrogens is 332 g/mol. The van der Waals surface area contributed by atoms with Crippen LogP contribution in [0.15, 0.2) is 35.1 Å². The summed E-state index contributed by atoms with van der Waals surface area (Å²) in [5, 5.41) is 3.84. The molecule has 0 aliphatic heterocycles. The number of carbonyl (C=O) groups excluding carboxylic acids is 1. The standard InChI is InChI=1S/C19H24N4O3/c1-4-15(19(25)20-10-7-11-26-3)23-16-9-6-5-8-14(16)18-21-17(24)12-13(2)22(18)23/h5-6,8-9,12,15H,4,7,10-11H2,1-3H3,(H,20,25)/t15-/m1/s1. The van der Waals surface area contributed by atoms with Gasteiger partial charge in [-0.2, -0.15) is 4.98 Å². The van der Waals surface area contributed by atoms with E-state index in [1.54, 1.807) is 7.11 Å². The lowest BCUT2D eigenvalue weighted by Gasteiger charge is -2.20. The topological polar surface area (TPSA) is 77.6 Å². The third-order valence-corrected chi connectivity index (χ3v) is 4.50. The molecule has 7 heteroatoms. The van der Waals surface area contributed by atoms with Crippen molar-refractivity contribution in [3.8, 4) is 0 Å². The summed E-state index contributed by atoms with van der Waals surface area (Å²) in [6.45, 7) is 5.00. The summed E-state index contributed by atoms with van der Waals surface area (Å²) in [5.74, 6) is -0.0515. The first-order chi connectivity index (χ1) is 12.6. The molecule has 2 aromatic heterocycles. The van der Waals surface area contributed by atoms with Crippen LogP contribution in [0.4, 0.5) is 0 Å². The summed E-state index contributed by atoms with van der Waals surface area (Å²) >= 11 is 0. The van der Waals surface area contributed by atoms with Crippen molar-refractivity contribution in [1.29, 1.82) is 0 Å². The Bertz CT molecular complexity index is 990. The number of benzene rings is 1. The number of fused-ring (bicyclic) bond motifs is 3. The van der Waals surface area contributed by atoms with Crippen LogP contribution >= 0.6 is 0 Å². The van der Waals surface area contributed by atoms with Gasteiger partial charge in [0.2, 0.25) is 5.91 Å². The molecule has 1 aromatic carbocycles. The molecule has 1 N–H and O–H groups in total. The molecule has 7 nitrogen and oxygen atoms in total. The molecule has 3 aromatic rings. The lowest BCUT2D eigenvalue weighted by Crippen LogP contribution is -2.35. The van der Waals surface area contributed by atoms with Crippen LogP contribution in [0.3, 0.4) is 0 Å². The summed E-state index contributed by atoms with van der Waals surface area (Å²) in [6.07, 6.45) is 1.38. The lowest BCUT2D eigenvalue weighted by atomic mass is 10.2. The molecule has 0 spiro atoms. The van der Waals surface area contributed by atoms with E-state index in [-0.39, 0.29) is 11.5 Å². The largest absolute Gasteiger partial charge is 0.385 e. The van der Waals surface area contributed by atoms with Crippen LogP contribution < -0.4 is 10.9 Å². The first-order valence-electron chi connectivity index (χ1n) is 8.84. The zero-order valence-corrected chi connectivity index (χ0v) is 15.4. The Hall–Kier alpha value is -2.67. The van der Waals surface area contributed by atoms with Crippen LogP contribution in [0.5, 0.6) is 0 Å². The maximum Gasteiger partial charge on any atom is 0.273 e. The highest BCUT2D eigenvalue weighted by molar-refractivity contribution is 5.94. The summed E-state index contributed by atoms with van der Waals surface area (Å²) in [7, 11) is 1.64. The smallest absolute Gasteiger partial charge is 0.273 e. The van der Waals surface area contributed by atoms with Crippen molar-refractivity contribution < 1.29 is 9.53 Å². The van der Waals surface area contributed by atoms with Crippen molar-refractivity contribution in [2.24, 2.45) is 0 Å². The monoisotopic (exact) mass is 356 g/mol. The first kappa shape index (κ1) is 18.1. The highest BCUT2D eigenvalue weighted by Crippen LogP contribution is 2.26. The molecule has 0 saturated heterocycles. The second-order valence-electron chi connectivity index (χ2n) is 6.29. The highest BCUT2D eigenvalue weighted by Gasteiger charge is 2.24. The highest BCUT2D eigenvalue weighted by atomic mass is 16.5. The van der Waals surface area contributed by atoms with E-state index in [9.17, 15) is 9.59 Å². The lowest BCUT2D eigenvalue weighted by molar-refractivity contribution is -0.124. The van der Waals surface area contributed by atoms with Crippen LogP contribution in [0.2, 0.25) is 0 Å². The van der Waals surface area contributed by atoms with E-state index in [0.717, 1.165) is 23.0 Å². The first-order valence-corrected chi connectivity index (χ1v) is 8.84. The van der Waals surface area contributed by atoms with Crippen LogP contribution in [0.1, 0.15) is 31.5 Å². The van der Waals surface area contributed by atoms with Gasteiger partial charge in [-0.25, -0.2) is 4.52 Å². The number of para-hydroxylation sites is 1. The maximum absolute atomic E-state index is 12.8. The average molecular weight is 356 g/mol. The quantitative estimate of drug-likeness (QED) is 0.658. The number of rotatable bonds is 7. The minimum absolute atomic E-state index is 0.0515. The summed E-state index contributed by atoms with van der Waals surface area (Å²) in [5.41, 5.74) is 1.94. The van der Waals surface area contributed by atoms with Crippen molar-refractivity contribution in [3.05, 3.63) is 46.4 Å². The molecule has 26 heavy (non-hydrogen) atoms.